The molecule has 0 aromatic rings. The van der Waals surface area contributed by atoms with E-state index in [-0.39, 0.29) is 0 Å². The van der Waals surface area contributed by atoms with Crippen molar-refractivity contribution in [3.05, 3.63) is 0 Å². The summed E-state index contributed by atoms with van der Waals surface area (Å²) < 4.78 is 0. The van der Waals surface area contributed by atoms with Gasteiger partial charge in [-0.2, -0.15) is 0 Å². The predicted molar refractivity (Wildman–Crippen MR) is 78.6 cm³/mol. The number of nitrogens with zero attached hydrogens (tertiary/aromatic N) is 1. The number of rotatable bonds is 2. The summed E-state index contributed by atoms with van der Waals surface area (Å²) >= 11 is 0. The summed E-state index contributed by atoms with van der Waals surface area (Å²) in [4.78, 5) is 2.72. The zero-order valence-corrected chi connectivity index (χ0v) is 12.4. The molecule has 2 fully saturated rings. The summed E-state index contributed by atoms with van der Waals surface area (Å²) in [5.41, 5.74) is 6.43. The lowest BCUT2D eigenvalue weighted by Crippen LogP contribution is -2.51. The van der Waals surface area contributed by atoms with Gasteiger partial charge in [0.15, 0.2) is 0 Å². The van der Waals surface area contributed by atoms with Gasteiger partial charge in [-0.05, 0) is 50.6 Å². The Morgan fingerprint density at radius 2 is 1.50 bits per heavy atom. The van der Waals surface area contributed by atoms with Crippen LogP contribution >= 0.6 is 0 Å². The summed E-state index contributed by atoms with van der Waals surface area (Å²) in [6.07, 6.45) is 10.9. The summed E-state index contributed by atoms with van der Waals surface area (Å²) in [6.45, 7) is 7.34. The van der Waals surface area contributed by atoms with Crippen LogP contribution in [0.4, 0.5) is 0 Å². The minimum Gasteiger partial charge on any atom is -0.326 e. The standard InChI is InChI=1S/C16H32N2/c1-13(2)14-9-11-18(12-10-14)16-8-6-4-3-5-7-15(16)17/h13-16H,3-12,17H2,1-2H3. The zero-order valence-electron chi connectivity index (χ0n) is 12.4. The highest BCUT2D eigenvalue weighted by atomic mass is 15.2. The molecule has 0 aromatic carbocycles. The first-order valence-corrected chi connectivity index (χ1v) is 8.18. The fourth-order valence-electron chi connectivity index (χ4n) is 3.86. The molecule has 2 heteroatoms. The third-order valence-electron chi connectivity index (χ3n) is 5.27. The van der Waals surface area contributed by atoms with Gasteiger partial charge in [-0.25, -0.2) is 0 Å². The highest BCUT2D eigenvalue weighted by molar-refractivity contribution is 4.87. The van der Waals surface area contributed by atoms with Crippen molar-refractivity contribution in [2.45, 2.75) is 77.3 Å². The van der Waals surface area contributed by atoms with Gasteiger partial charge in [-0.1, -0.05) is 39.5 Å². The molecule has 18 heavy (non-hydrogen) atoms. The Morgan fingerprint density at radius 3 is 2.11 bits per heavy atom. The Kier molecular flexibility index (Phi) is 5.50. The first kappa shape index (κ1) is 14.3. The van der Waals surface area contributed by atoms with Crippen LogP contribution in [0.15, 0.2) is 0 Å². The number of hydrogen-bond acceptors (Lipinski definition) is 2. The third kappa shape index (κ3) is 3.71. The molecule has 1 aliphatic carbocycles. The highest BCUT2D eigenvalue weighted by Crippen LogP contribution is 2.28. The second-order valence-electron chi connectivity index (χ2n) is 6.84. The lowest BCUT2D eigenvalue weighted by Gasteiger charge is -2.42. The minimum atomic E-state index is 0.431. The lowest BCUT2D eigenvalue weighted by atomic mass is 9.84. The van der Waals surface area contributed by atoms with Gasteiger partial charge in [0.1, 0.15) is 0 Å². The largest absolute Gasteiger partial charge is 0.326 e. The Bertz CT molecular complexity index is 231. The molecule has 0 amide bonds. The summed E-state index contributed by atoms with van der Waals surface area (Å²) in [5.74, 6) is 1.81. The molecule has 1 aliphatic heterocycles. The van der Waals surface area contributed by atoms with Crippen molar-refractivity contribution in [3.8, 4) is 0 Å². The van der Waals surface area contributed by atoms with E-state index in [1.165, 1.54) is 64.5 Å². The van der Waals surface area contributed by atoms with Gasteiger partial charge in [0.2, 0.25) is 0 Å². The molecule has 0 spiro atoms. The van der Waals surface area contributed by atoms with Crippen LogP contribution < -0.4 is 5.73 Å². The molecule has 2 atom stereocenters. The highest BCUT2D eigenvalue weighted by Gasteiger charge is 2.29. The summed E-state index contributed by atoms with van der Waals surface area (Å²) in [6, 6.07) is 1.11. The van der Waals surface area contributed by atoms with Gasteiger partial charge in [0, 0.05) is 12.1 Å². The van der Waals surface area contributed by atoms with Crippen LogP contribution in [0.3, 0.4) is 0 Å². The van der Waals surface area contributed by atoms with E-state index in [2.05, 4.69) is 18.7 Å². The number of nitrogens with two attached hydrogens (primary N) is 1. The Balaban J connectivity index is 1.86. The van der Waals surface area contributed by atoms with Crippen molar-refractivity contribution >= 4 is 0 Å². The van der Waals surface area contributed by atoms with Gasteiger partial charge < -0.3 is 5.73 Å². The van der Waals surface area contributed by atoms with Crippen molar-refractivity contribution in [1.82, 2.24) is 4.90 Å². The van der Waals surface area contributed by atoms with E-state index in [4.69, 9.17) is 5.73 Å². The smallest absolute Gasteiger partial charge is 0.0247 e. The number of piperidine rings is 1. The molecule has 1 saturated carbocycles. The van der Waals surface area contributed by atoms with Crippen LogP contribution in [0.25, 0.3) is 0 Å². The quantitative estimate of drug-likeness (QED) is 0.816. The Hall–Kier alpha value is -0.0800. The molecule has 2 unspecified atom stereocenters. The topological polar surface area (TPSA) is 29.3 Å². The SMILES string of the molecule is CC(C)C1CCN(C2CCCCCCC2N)CC1. The van der Waals surface area contributed by atoms with E-state index < -0.39 is 0 Å². The van der Waals surface area contributed by atoms with Gasteiger partial charge in [0.25, 0.3) is 0 Å². The zero-order chi connectivity index (χ0) is 13.0. The Morgan fingerprint density at radius 1 is 0.889 bits per heavy atom. The van der Waals surface area contributed by atoms with Crippen molar-refractivity contribution in [2.75, 3.05) is 13.1 Å². The maximum atomic E-state index is 6.43. The molecule has 1 saturated heterocycles. The first-order chi connectivity index (χ1) is 8.68. The maximum Gasteiger partial charge on any atom is 0.0247 e. The normalized spacial score (nSPS) is 33.3. The molecule has 2 rings (SSSR count). The van der Waals surface area contributed by atoms with Crippen LogP contribution in [0.1, 0.15) is 65.2 Å². The van der Waals surface area contributed by atoms with Crippen LogP contribution in [0, 0.1) is 11.8 Å². The minimum absolute atomic E-state index is 0.431. The van der Waals surface area contributed by atoms with E-state index in [1.807, 2.05) is 0 Å². The second-order valence-corrected chi connectivity index (χ2v) is 6.84. The van der Waals surface area contributed by atoms with Crippen LogP contribution in [-0.2, 0) is 0 Å². The molecule has 2 nitrogen and oxygen atoms in total. The van der Waals surface area contributed by atoms with Crippen LogP contribution in [0.2, 0.25) is 0 Å². The predicted octanol–water partition coefficient (Wildman–Crippen LogP) is 3.40. The number of hydrogen-bond donors (Lipinski definition) is 1. The molecule has 1 heterocycles. The molecule has 0 aromatic heterocycles. The maximum absolute atomic E-state index is 6.43. The average molecular weight is 252 g/mol. The van der Waals surface area contributed by atoms with Crippen molar-refractivity contribution in [3.63, 3.8) is 0 Å². The summed E-state index contributed by atoms with van der Waals surface area (Å²) in [7, 11) is 0. The molecule has 106 valence electrons. The van der Waals surface area contributed by atoms with Crippen LogP contribution in [-0.4, -0.2) is 30.1 Å². The van der Waals surface area contributed by atoms with E-state index >= 15 is 0 Å². The average Bonchev–Trinajstić information content (AvgIpc) is 2.35. The molecular formula is C16H32N2. The van der Waals surface area contributed by atoms with Gasteiger partial charge in [-0.3, -0.25) is 4.90 Å². The van der Waals surface area contributed by atoms with Crippen molar-refractivity contribution < 1.29 is 0 Å². The van der Waals surface area contributed by atoms with Gasteiger partial charge >= 0.3 is 0 Å². The first-order valence-electron chi connectivity index (χ1n) is 8.18. The molecular weight excluding hydrogens is 220 g/mol. The summed E-state index contributed by atoms with van der Waals surface area (Å²) in [5, 5.41) is 0. The second kappa shape index (κ2) is 6.91. The number of likely N-dealkylation sites (tertiary alicyclic amines) is 1. The Labute approximate surface area is 113 Å². The third-order valence-corrected chi connectivity index (χ3v) is 5.27. The van der Waals surface area contributed by atoms with Crippen molar-refractivity contribution in [2.24, 2.45) is 17.6 Å². The molecule has 2 aliphatic rings. The van der Waals surface area contributed by atoms with E-state index in [0.29, 0.717) is 12.1 Å². The lowest BCUT2D eigenvalue weighted by molar-refractivity contribution is 0.0888. The van der Waals surface area contributed by atoms with E-state index in [1.54, 1.807) is 0 Å². The van der Waals surface area contributed by atoms with Crippen molar-refractivity contribution in [1.29, 1.82) is 0 Å². The van der Waals surface area contributed by atoms with Gasteiger partial charge in [0.05, 0.1) is 0 Å². The van der Waals surface area contributed by atoms with Gasteiger partial charge in [-0.15, -0.1) is 0 Å². The molecule has 0 radical (unpaired) electrons. The fourth-order valence-corrected chi connectivity index (χ4v) is 3.86. The fraction of sp³-hybridized carbons (Fsp3) is 1.00. The van der Waals surface area contributed by atoms with E-state index in [9.17, 15) is 0 Å². The monoisotopic (exact) mass is 252 g/mol. The van der Waals surface area contributed by atoms with E-state index in [0.717, 1.165) is 11.8 Å². The molecule has 0 bridgehead atoms. The molecule has 2 N–H and O–H groups in total. The van der Waals surface area contributed by atoms with Crippen LogP contribution in [0.5, 0.6) is 0 Å².